The Morgan fingerprint density at radius 3 is 1.67 bits per heavy atom. The maximum absolute atomic E-state index is 5.47. The molecule has 2 unspecified atom stereocenters. The van der Waals surface area contributed by atoms with Crippen molar-refractivity contribution in [2.24, 2.45) is 0 Å². The monoisotopic (exact) mass is 294 g/mol. The lowest BCUT2D eigenvalue weighted by molar-refractivity contribution is 0.117. The van der Waals surface area contributed by atoms with Crippen molar-refractivity contribution in [3.05, 3.63) is 0 Å². The second-order valence-corrected chi connectivity index (χ2v) is 7.11. The Balaban J connectivity index is 1.19. The Morgan fingerprint density at radius 1 is 0.833 bits per heavy atom. The van der Waals surface area contributed by atoms with Crippen LogP contribution < -0.4 is 0 Å². The number of epoxide rings is 2. The highest BCUT2D eigenvalue weighted by Gasteiger charge is 2.22. The molecule has 0 bridgehead atoms. The molecule has 0 amide bonds. The van der Waals surface area contributed by atoms with Crippen LogP contribution in [0.15, 0.2) is 0 Å². The van der Waals surface area contributed by atoms with Crippen LogP contribution in [0.2, 0.25) is 0 Å². The highest BCUT2D eigenvalue weighted by Crippen LogP contribution is 2.22. The lowest BCUT2D eigenvalue weighted by Gasteiger charge is -2.03. The molecule has 0 saturated carbocycles. The van der Waals surface area contributed by atoms with Crippen LogP contribution in [0.25, 0.3) is 0 Å². The van der Waals surface area contributed by atoms with Crippen molar-refractivity contribution in [3.8, 4) is 0 Å². The summed E-state index contributed by atoms with van der Waals surface area (Å²) >= 11 is 0. The van der Waals surface area contributed by atoms with E-state index in [4.69, 9.17) is 18.9 Å². The highest BCUT2D eigenvalue weighted by atomic mass is 33.1. The van der Waals surface area contributed by atoms with Gasteiger partial charge in [0, 0.05) is 24.7 Å². The predicted octanol–water partition coefficient (Wildman–Crippen LogP) is 1.98. The molecule has 0 N–H and O–H groups in total. The molecule has 4 nitrogen and oxygen atoms in total. The molecule has 2 saturated heterocycles. The second-order valence-electron chi connectivity index (χ2n) is 4.41. The molecule has 0 aromatic rings. The largest absolute Gasteiger partial charge is 0.379 e. The van der Waals surface area contributed by atoms with E-state index < -0.39 is 0 Å². The fourth-order valence-electron chi connectivity index (χ4n) is 1.32. The summed E-state index contributed by atoms with van der Waals surface area (Å²) in [5.41, 5.74) is 0. The molecule has 0 radical (unpaired) electrons. The molecular formula is C12H22O4S2. The standard InChI is InChI=1S/C12H22O4S2/c1(3-13-7-11-9-15-11)5-17-18-6-2-4-14-8-12-10-16-12/h11-12H,1-10H2. The van der Waals surface area contributed by atoms with Gasteiger partial charge in [0.25, 0.3) is 0 Å². The summed E-state index contributed by atoms with van der Waals surface area (Å²) in [5, 5.41) is 0. The van der Waals surface area contributed by atoms with E-state index in [1.165, 1.54) is 0 Å². The molecule has 0 aliphatic carbocycles. The van der Waals surface area contributed by atoms with Crippen molar-refractivity contribution in [3.63, 3.8) is 0 Å². The Morgan fingerprint density at radius 2 is 1.28 bits per heavy atom. The van der Waals surface area contributed by atoms with E-state index >= 15 is 0 Å². The van der Waals surface area contributed by atoms with Crippen molar-refractivity contribution >= 4 is 21.6 Å². The smallest absolute Gasteiger partial charge is 0.104 e. The molecule has 18 heavy (non-hydrogen) atoms. The minimum atomic E-state index is 0.396. The zero-order valence-corrected chi connectivity index (χ0v) is 12.3. The average molecular weight is 294 g/mol. The summed E-state index contributed by atoms with van der Waals surface area (Å²) in [7, 11) is 3.86. The lowest BCUT2D eigenvalue weighted by Crippen LogP contribution is -2.03. The van der Waals surface area contributed by atoms with Gasteiger partial charge in [0.05, 0.1) is 26.4 Å². The van der Waals surface area contributed by atoms with Gasteiger partial charge in [0.1, 0.15) is 12.2 Å². The molecule has 2 rings (SSSR count). The number of ether oxygens (including phenoxy) is 4. The first-order valence-electron chi connectivity index (χ1n) is 6.58. The Hall–Kier alpha value is 0.540. The van der Waals surface area contributed by atoms with Gasteiger partial charge in [-0.05, 0) is 12.8 Å². The van der Waals surface area contributed by atoms with Crippen LogP contribution >= 0.6 is 21.6 Å². The van der Waals surface area contributed by atoms with Crippen LogP contribution in [0.4, 0.5) is 0 Å². The van der Waals surface area contributed by atoms with E-state index in [-0.39, 0.29) is 0 Å². The number of hydrogen-bond donors (Lipinski definition) is 0. The van der Waals surface area contributed by atoms with Gasteiger partial charge in [0.2, 0.25) is 0 Å². The molecule has 0 aromatic carbocycles. The van der Waals surface area contributed by atoms with Crippen LogP contribution in [0.3, 0.4) is 0 Å². The molecule has 2 aliphatic rings. The first-order chi connectivity index (χ1) is 8.95. The van der Waals surface area contributed by atoms with Crippen LogP contribution in [0.1, 0.15) is 12.8 Å². The zero-order chi connectivity index (χ0) is 12.5. The van der Waals surface area contributed by atoms with Crippen molar-refractivity contribution < 1.29 is 18.9 Å². The molecule has 2 aliphatic heterocycles. The maximum Gasteiger partial charge on any atom is 0.104 e. The van der Waals surface area contributed by atoms with Crippen LogP contribution in [0, 0.1) is 0 Å². The van der Waals surface area contributed by atoms with Gasteiger partial charge in [-0.25, -0.2) is 0 Å². The topological polar surface area (TPSA) is 43.5 Å². The third-order valence-electron chi connectivity index (χ3n) is 2.53. The van der Waals surface area contributed by atoms with E-state index in [1.807, 2.05) is 21.6 Å². The van der Waals surface area contributed by atoms with Gasteiger partial charge >= 0.3 is 0 Å². The first kappa shape index (κ1) is 14.9. The van der Waals surface area contributed by atoms with E-state index in [0.29, 0.717) is 12.2 Å². The molecule has 6 heteroatoms. The number of rotatable bonds is 13. The van der Waals surface area contributed by atoms with Crippen LogP contribution in [0.5, 0.6) is 0 Å². The van der Waals surface area contributed by atoms with Gasteiger partial charge in [-0.3, -0.25) is 0 Å². The minimum Gasteiger partial charge on any atom is -0.379 e. The zero-order valence-electron chi connectivity index (χ0n) is 10.7. The fourth-order valence-corrected chi connectivity index (χ4v) is 3.44. The molecule has 2 fully saturated rings. The van der Waals surface area contributed by atoms with E-state index in [2.05, 4.69) is 0 Å². The van der Waals surface area contributed by atoms with Crippen LogP contribution in [-0.2, 0) is 18.9 Å². The summed E-state index contributed by atoms with van der Waals surface area (Å²) in [6.45, 7) is 5.05. The summed E-state index contributed by atoms with van der Waals surface area (Å²) < 4.78 is 21.1. The van der Waals surface area contributed by atoms with Crippen molar-refractivity contribution in [2.75, 3.05) is 51.1 Å². The molecule has 106 valence electrons. The van der Waals surface area contributed by atoms with Gasteiger partial charge in [-0.1, -0.05) is 21.6 Å². The van der Waals surface area contributed by atoms with Crippen LogP contribution in [-0.4, -0.2) is 63.4 Å². The van der Waals surface area contributed by atoms with E-state index in [1.54, 1.807) is 0 Å². The minimum absolute atomic E-state index is 0.396. The third-order valence-corrected chi connectivity index (χ3v) is 5.11. The Bertz CT molecular complexity index is 188. The molecule has 2 atom stereocenters. The second kappa shape index (κ2) is 9.44. The average Bonchev–Trinajstić information content (AvgIpc) is 3.25. The number of hydrogen-bond acceptors (Lipinski definition) is 6. The predicted molar refractivity (Wildman–Crippen MR) is 75.3 cm³/mol. The Kier molecular flexibility index (Phi) is 7.84. The van der Waals surface area contributed by atoms with Gasteiger partial charge in [0.15, 0.2) is 0 Å². The van der Waals surface area contributed by atoms with Gasteiger partial charge < -0.3 is 18.9 Å². The first-order valence-corrected chi connectivity index (χ1v) is 9.07. The third kappa shape index (κ3) is 8.61. The van der Waals surface area contributed by atoms with Gasteiger partial charge in [-0.15, -0.1) is 0 Å². The summed E-state index contributed by atoms with van der Waals surface area (Å²) in [6.07, 6.45) is 3.04. The fraction of sp³-hybridized carbons (Fsp3) is 1.00. The van der Waals surface area contributed by atoms with E-state index in [9.17, 15) is 0 Å². The highest BCUT2D eigenvalue weighted by molar-refractivity contribution is 8.76. The molecular weight excluding hydrogens is 272 g/mol. The van der Waals surface area contributed by atoms with Gasteiger partial charge in [-0.2, -0.15) is 0 Å². The summed E-state index contributed by atoms with van der Waals surface area (Å²) in [6, 6.07) is 0. The lowest BCUT2D eigenvalue weighted by atomic mass is 10.5. The molecule has 2 heterocycles. The van der Waals surface area contributed by atoms with E-state index in [0.717, 1.165) is 64.0 Å². The Labute approximate surface area is 117 Å². The molecule has 0 spiro atoms. The quantitative estimate of drug-likeness (QED) is 0.294. The molecule has 0 aromatic heterocycles. The maximum atomic E-state index is 5.47. The van der Waals surface area contributed by atoms with Crippen molar-refractivity contribution in [1.82, 2.24) is 0 Å². The SMILES string of the molecule is C(COCC1CO1)CSSCCCOCC1CO1. The summed E-state index contributed by atoms with van der Waals surface area (Å²) in [4.78, 5) is 0. The normalized spacial score (nSPS) is 25.3. The van der Waals surface area contributed by atoms with Crippen molar-refractivity contribution in [1.29, 1.82) is 0 Å². The van der Waals surface area contributed by atoms with Crippen molar-refractivity contribution in [2.45, 2.75) is 25.0 Å². The summed E-state index contributed by atoms with van der Waals surface area (Å²) in [5.74, 6) is 2.32.